The summed E-state index contributed by atoms with van der Waals surface area (Å²) in [4.78, 5) is 25.3. The number of ether oxygens (including phenoxy) is 1. The van der Waals surface area contributed by atoms with Crippen LogP contribution in [0.25, 0.3) is 0 Å². The number of hydrogen-bond acceptors (Lipinski definition) is 6. The van der Waals surface area contributed by atoms with E-state index >= 15 is 0 Å². The highest BCUT2D eigenvalue weighted by molar-refractivity contribution is 5.96. The van der Waals surface area contributed by atoms with Crippen LogP contribution in [0.2, 0.25) is 0 Å². The minimum atomic E-state index is -1.28. The number of benzene rings is 1. The van der Waals surface area contributed by atoms with Crippen molar-refractivity contribution in [1.82, 2.24) is 0 Å². The second kappa shape index (κ2) is 7.01. The number of carbonyl (C=O) groups excluding carboxylic acids is 2. The van der Waals surface area contributed by atoms with Gasteiger partial charge in [0.05, 0.1) is 17.3 Å². The number of aliphatic hydroxyl groups excluding tert-OH is 1. The van der Waals surface area contributed by atoms with Gasteiger partial charge in [0.25, 0.3) is 0 Å². The summed E-state index contributed by atoms with van der Waals surface area (Å²) in [5, 5.41) is 31.7. The SMILES string of the molecule is CC1=CC(OC(=O)c2ccc(O)cc2)C2C(C)(CC1=O)C(O)CC2(O)C(C)C. The molecule has 6 heteroatoms. The van der Waals surface area contributed by atoms with Gasteiger partial charge >= 0.3 is 5.97 Å². The monoisotopic (exact) mass is 388 g/mol. The molecule has 0 heterocycles. The minimum Gasteiger partial charge on any atom is -0.508 e. The molecule has 1 saturated carbocycles. The summed E-state index contributed by atoms with van der Waals surface area (Å²) in [6.45, 7) is 7.17. The quantitative estimate of drug-likeness (QED) is 0.688. The third-order valence-electron chi connectivity index (χ3n) is 6.60. The molecule has 28 heavy (non-hydrogen) atoms. The summed E-state index contributed by atoms with van der Waals surface area (Å²) in [6, 6.07) is 5.69. The number of carbonyl (C=O) groups is 2. The number of fused-ring (bicyclic) bond motifs is 1. The number of aliphatic hydroxyl groups is 2. The van der Waals surface area contributed by atoms with Crippen molar-refractivity contribution in [2.45, 2.75) is 58.3 Å². The fraction of sp³-hybridized carbons (Fsp3) is 0.545. The molecule has 2 aliphatic rings. The first-order valence-electron chi connectivity index (χ1n) is 9.61. The number of esters is 1. The number of Topliss-reactive ketones (excluding diaryl/α,β-unsaturated/α-hetero) is 1. The van der Waals surface area contributed by atoms with Gasteiger partial charge in [-0.2, -0.15) is 0 Å². The highest BCUT2D eigenvalue weighted by atomic mass is 16.5. The number of hydrogen-bond donors (Lipinski definition) is 3. The second-order valence-corrected chi connectivity index (χ2v) is 8.72. The van der Waals surface area contributed by atoms with E-state index in [1.165, 1.54) is 24.3 Å². The first-order chi connectivity index (χ1) is 13.0. The minimum absolute atomic E-state index is 0.0352. The van der Waals surface area contributed by atoms with Gasteiger partial charge < -0.3 is 20.1 Å². The molecule has 1 fully saturated rings. The van der Waals surface area contributed by atoms with Gasteiger partial charge in [-0.3, -0.25) is 4.79 Å². The first kappa shape index (κ1) is 20.6. The topological polar surface area (TPSA) is 104 Å². The number of phenols is 1. The predicted octanol–water partition coefficient (Wildman–Crippen LogP) is 2.61. The van der Waals surface area contributed by atoms with E-state index in [9.17, 15) is 24.9 Å². The Balaban J connectivity index is 2.03. The molecular weight excluding hydrogens is 360 g/mol. The summed E-state index contributed by atoms with van der Waals surface area (Å²) >= 11 is 0. The summed E-state index contributed by atoms with van der Waals surface area (Å²) < 4.78 is 5.77. The van der Waals surface area contributed by atoms with Crippen LogP contribution in [0.5, 0.6) is 5.75 Å². The molecule has 5 unspecified atom stereocenters. The van der Waals surface area contributed by atoms with Gasteiger partial charge in [-0.15, -0.1) is 0 Å². The zero-order valence-electron chi connectivity index (χ0n) is 16.7. The van der Waals surface area contributed by atoms with Crippen molar-refractivity contribution < 1.29 is 29.6 Å². The molecule has 0 aliphatic heterocycles. The normalized spacial score (nSPS) is 35.3. The van der Waals surface area contributed by atoms with E-state index < -0.39 is 35.1 Å². The first-order valence-corrected chi connectivity index (χ1v) is 9.61. The van der Waals surface area contributed by atoms with Gasteiger partial charge in [0.1, 0.15) is 11.9 Å². The average molecular weight is 388 g/mol. The molecule has 152 valence electrons. The molecule has 5 atom stereocenters. The molecule has 0 amide bonds. The Bertz CT molecular complexity index is 811. The largest absolute Gasteiger partial charge is 0.508 e. The fourth-order valence-corrected chi connectivity index (χ4v) is 4.74. The van der Waals surface area contributed by atoms with Crippen molar-refractivity contribution in [2.24, 2.45) is 17.3 Å². The van der Waals surface area contributed by atoms with E-state index in [0.29, 0.717) is 5.57 Å². The van der Waals surface area contributed by atoms with Crippen molar-refractivity contribution >= 4 is 11.8 Å². The van der Waals surface area contributed by atoms with Gasteiger partial charge in [-0.05, 0) is 48.8 Å². The van der Waals surface area contributed by atoms with Crippen LogP contribution in [-0.4, -0.2) is 44.9 Å². The molecule has 0 aromatic heterocycles. The van der Waals surface area contributed by atoms with Crippen LogP contribution in [0, 0.1) is 17.3 Å². The van der Waals surface area contributed by atoms with Crippen molar-refractivity contribution in [3.63, 3.8) is 0 Å². The van der Waals surface area contributed by atoms with E-state index in [0.717, 1.165) is 0 Å². The Morgan fingerprint density at radius 1 is 1.25 bits per heavy atom. The maximum Gasteiger partial charge on any atom is 0.338 e. The molecule has 0 spiro atoms. The van der Waals surface area contributed by atoms with Crippen molar-refractivity contribution in [3.8, 4) is 5.75 Å². The van der Waals surface area contributed by atoms with Gasteiger partial charge in [0, 0.05) is 24.2 Å². The molecule has 3 N–H and O–H groups in total. The zero-order chi connectivity index (χ0) is 20.9. The van der Waals surface area contributed by atoms with Crippen LogP contribution in [0.1, 0.15) is 50.9 Å². The molecular formula is C22H28O6. The summed E-state index contributed by atoms with van der Waals surface area (Å²) in [5.41, 5.74) is -1.48. The van der Waals surface area contributed by atoms with Gasteiger partial charge in [-0.1, -0.05) is 20.8 Å². The number of phenolic OH excluding ortho intramolecular Hbond substituents is 1. The lowest BCUT2D eigenvalue weighted by Crippen LogP contribution is -2.50. The molecule has 0 bridgehead atoms. The van der Waals surface area contributed by atoms with E-state index in [4.69, 9.17) is 4.74 Å². The highest BCUT2D eigenvalue weighted by Crippen LogP contribution is 2.57. The maximum absolute atomic E-state index is 12.7. The van der Waals surface area contributed by atoms with Crippen LogP contribution in [-0.2, 0) is 9.53 Å². The number of ketones is 1. The average Bonchev–Trinajstić information content (AvgIpc) is 2.74. The maximum atomic E-state index is 12.7. The number of allylic oxidation sites excluding steroid dienone is 1. The van der Waals surface area contributed by atoms with Crippen LogP contribution < -0.4 is 0 Å². The predicted molar refractivity (Wildman–Crippen MR) is 103 cm³/mol. The van der Waals surface area contributed by atoms with Gasteiger partial charge in [0.15, 0.2) is 5.78 Å². The fourth-order valence-electron chi connectivity index (χ4n) is 4.74. The molecule has 2 aliphatic carbocycles. The van der Waals surface area contributed by atoms with Crippen LogP contribution in [0.3, 0.4) is 0 Å². The van der Waals surface area contributed by atoms with Crippen molar-refractivity contribution in [1.29, 1.82) is 0 Å². The summed E-state index contributed by atoms with van der Waals surface area (Å²) in [6.07, 6.45) is 0.0651. The summed E-state index contributed by atoms with van der Waals surface area (Å²) in [5.74, 6) is -1.53. The number of rotatable bonds is 3. The Kier molecular flexibility index (Phi) is 5.15. The van der Waals surface area contributed by atoms with Crippen LogP contribution in [0.15, 0.2) is 35.9 Å². The van der Waals surface area contributed by atoms with E-state index in [2.05, 4.69) is 0 Å². The van der Waals surface area contributed by atoms with E-state index in [1.807, 2.05) is 13.8 Å². The lowest BCUT2D eigenvalue weighted by atomic mass is 9.67. The molecule has 1 aromatic rings. The highest BCUT2D eigenvalue weighted by Gasteiger charge is 2.64. The Morgan fingerprint density at radius 2 is 1.86 bits per heavy atom. The molecule has 0 radical (unpaired) electrons. The van der Waals surface area contributed by atoms with E-state index in [1.54, 1.807) is 19.9 Å². The smallest absolute Gasteiger partial charge is 0.338 e. The lowest BCUT2D eigenvalue weighted by Gasteiger charge is -2.42. The zero-order valence-corrected chi connectivity index (χ0v) is 16.7. The second-order valence-electron chi connectivity index (χ2n) is 8.72. The molecule has 1 aromatic carbocycles. The van der Waals surface area contributed by atoms with Crippen molar-refractivity contribution in [2.75, 3.05) is 0 Å². The third-order valence-corrected chi connectivity index (χ3v) is 6.60. The third kappa shape index (κ3) is 3.25. The Hall–Kier alpha value is -2.18. The lowest BCUT2D eigenvalue weighted by molar-refractivity contribution is -0.124. The number of aromatic hydroxyl groups is 1. The van der Waals surface area contributed by atoms with E-state index in [-0.39, 0.29) is 35.9 Å². The summed E-state index contributed by atoms with van der Waals surface area (Å²) in [7, 11) is 0. The Morgan fingerprint density at radius 3 is 2.43 bits per heavy atom. The van der Waals surface area contributed by atoms with Gasteiger partial charge in [0.2, 0.25) is 0 Å². The Labute approximate surface area is 164 Å². The van der Waals surface area contributed by atoms with Crippen LogP contribution >= 0.6 is 0 Å². The standard InChI is InChI=1S/C22H28O6/c1-12(2)22(27)11-18(25)21(4)10-16(24)13(3)9-17(19(21)22)28-20(26)14-5-7-15(23)8-6-14/h5-9,12,17-19,23,25,27H,10-11H2,1-4H3. The molecule has 0 saturated heterocycles. The molecule has 6 nitrogen and oxygen atoms in total. The van der Waals surface area contributed by atoms with Crippen molar-refractivity contribution in [3.05, 3.63) is 41.5 Å². The van der Waals surface area contributed by atoms with Gasteiger partial charge in [-0.25, -0.2) is 4.79 Å². The van der Waals surface area contributed by atoms with Crippen LogP contribution in [0.4, 0.5) is 0 Å². The molecule has 3 rings (SSSR count).